The molecule has 0 bridgehead atoms. The minimum atomic E-state index is -0.228. The Kier molecular flexibility index (Phi) is 4.07. The molecular formula is C13H16O2S. The maximum atomic E-state index is 11.3. The van der Waals surface area contributed by atoms with Crippen LogP contribution >= 0.6 is 11.3 Å². The lowest BCUT2D eigenvalue weighted by molar-refractivity contribution is -0.139. The van der Waals surface area contributed by atoms with Gasteiger partial charge in [-0.3, -0.25) is 4.79 Å². The van der Waals surface area contributed by atoms with E-state index >= 15 is 0 Å². The molecule has 0 saturated carbocycles. The van der Waals surface area contributed by atoms with Crippen molar-refractivity contribution in [3.05, 3.63) is 34.5 Å². The standard InChI is InChI=1S/C13H16O2S/c1-8(2)11-6-10(7-12(14)15-5)13(16-11)9(3)4/h6H,1,3,7H2,2,4-5H3. The van der Waals surface area contributed by atoms with Crippen molar-refractivity contribution in [2.24, 2.45) is 0 Å². The zero-order valence-corrected chi connectivity index (χ0v) is 10.7. The first-order chi connectivity index (χ1) is 7.45. The summed E-state index contributed by atoms with van der Waals surface area (Å²) in [6, 6.07) is 1.99. The van der Waals surface area contributed by atoms with Gasteiger partial charge in [-0.05, 0) is 36.6 Å². The van der Waals surface area contributed by atoms with Gasteiger partial charge in [-0.1, -0.05) is 13.2 Å². The molecule has 0 fully saturated rings. The maximum Gasteiger partial charge on any atom is 0.310 e. The third-order valence-corrected chi connectivity index (χ3v) is 3.68. The number of thiophene rings is 1. The second-order valence-corrected chi connectivity index (χ2v) is 4.83. The van der Waals surface area contributed by atoms with Crippen LogP contribution in [0.3, 0.4) is 0 Å². The van der Waals surface area contributed by atoms with Gasteiger partial charge in [-0.15, -0.1) is 11.3 Å². The number of hydrogen-bond donors (Lipinski definition) is 0. The Morgan fingerprint density at radius 1 is 1.38 bits per heavy atom. The molecule has 0 atom stereocenters. The minimum absolute atomic E-state index is 0.228. The summed E-state index contributed by atoms with van der Waals surface area (Å²) in [5.41, 5.74) is 2.95. The number of carbonyl (C=O) groups is 1. The Bertz CT molecular complexity index is 441. The fourth-order valence-electron chi connectivity index (χ4n) is 1.36. The van der Waals surface area contributed by atoms with Gasteiger partial charge in [0, 0.05) is 9.75 Å². The van der Waals surface area contributed by atoms with Crippen LogP contribution in [-0.4, -0.2) is 13.1 Å². The lowest BCUT2D eigenvalue weighted by Gasteiger charge is -2.01. The predicted molar refractivity (Wildman–Crippen MR) is 69.5 cm³/mol. The molecule has 16 heavy (non-hydrogen) atoms. The van der Waals surface area contributed by atoms with Crippen LogP contribution in [0.4, 0.5) is 0 Å². The fraction of sp³-hybridized carbons (Fsp3) is 0.308. The number of carbonyl (C=O) groups excluding carboxylic acids is 1. The molecule has 86 valence electrons. The van der Waals surface area contributed by atoms with Crippen LogP contribution in [0.25, 0.3) is 11.1 Å². The SMILES string of the molecule is C=C(C)c1cc(CC(=O)OC)c(C(=C)C)s1. The summed E-state index contributed by atoms with van der Waals surface area (Å²) in [7, 11) is 1.40. The van der Waals surface area contributed by atoms with Gasteiger partial charge in [0.1, 0.15) is 0 Å². The highest BCUT2D eigenvalue weighted by atomic mass is 32.1. The second-order valence-electron chi connectivity index (χ2n) is 3.78. The molecule has 1 heterocycles. The van der Waals surface area contributed by atoms with E-state index in [4.69, 9.17) is 0 Å². The third-order valence-electron chi connectivity index (χ3n) is 2.18. The smallest absolute Gasteiger partial charge is 0.310 e. The Balaban J connectivity index is 3.10. The summed E-state index contributed by atoms with van der Waals surface area (Å²) in [6.07, 6.45) is 0.294. The van der Waals surface area contributed by atoms with Crippen molar-refractivity contribution >= 4 is 28.5 Å². The Labute approximate surface area is 100 Å². The van der Waals surface area contributed by atoms with Crippen molar-refractivity contribution in [3.63, 3.8) is 0 Å². The summed E-state index contributed by atoms with van der Waals surface area (Å²) in [5, 5.41) is 0. The molecule has 1 aromatic heterocycles. The summed E-state index contributed by atoms with van der Waals surface area (Å²) < 4.78 is 4.67. The number of esters is 1. The van der Waals surface area contributed by atoms with E-state index in [9.17, 15) is 4.79 Å². The van der Waals surface area contributed by atoms with Gasteiger partial charge in [-0.2, -0.15) is 0 Å². The molecule has 0 aromatic carbocycles. The van der Waals surface area contributed by atoms with E-state index < -0.39 is 0 Å². The van der Waals surface area contributed by atoms with Gasteiger partial charge in [0.25, 0.3) is 0 Å². The van der Waals surface area contributed by atoms with E-state index in [0.717, 1.165) is 26.5 Å². The van der Waals surface area contributed by atoms with Crippen molar-refractivity contribution in [3.8, 4) is 0 Å². The number of ether oxygens (including phenoxy) is 1. The molecule has 0 unspecified atom stereocenters. The van der Waals surface area contributed by atoms with E-state index in [1.807, 2.05) is 19.9 Å². The lowest BCUT2D eigenvalue weighted by Crippen LogP contribution is -2.04. The summed E-state index contributed by atoms with van der Waals surface area (Å²) in [5.74, 6) is -0.228. The molecule has 0 saturated heterocycles. The normalized spacial score (nSPS) is 9.94. The first-order valence-electron chi connectivity index (χ1n) is 4.97. The largest absolute Gasteiger partial charge is 0.469 e. The average Bonchev–Trinajstić information content (AvgIpc) is 2.61. The third kappa shape index (κ3) is 2.83. The van der Waals surface area contributed by atoms with Crippen LogP contribution in [0.1, 0.15) is 29.2 Å². The molecule has 1 rings (SSSR count). The number of rotatable bonds is 4. The van der Waals surface area contributed by atoms with Crippen molar-refractivity contribution in [2.45, 2.75) is 20.3 Å². The fourth-order valence-corrected chi connectivity index (χ4v) is 2.39. The topological polar surface area (TPSA) is 26.3 Å². The number of methoxy groups -OCH3 is 1. The van der Waals surface area contributed by atoms with Gasteiger partial charge in [0.05, 0.1) is 13.5 Å². The second kappa shape index (κ2) is 5.12. The summed E-state index contributed by atoms with van der Waals surface area (Å²) in [4.78, 5) is 13.4. The molecule has 0 aliphatic rings. The highest BCUT2D eigenvalue weighted by molar-refractivity contribution is 7.14. The van der Waals surface area contributed by atoms with E-state index in [1.165, 1.54) is 7.11 Å². The highest BCUT2D eigenvalue weighted by Crippen LogP contribution is 2.32. The molecule has 0 aliphatic carbocycles. The molecule has 0 N–H and O–H groups in total. The first-order valence-corrected chi connectivity index (χ1v) is 5.78. The molecular weight excluding hydrogens is 220 g/mol. The van der Waals surface area contributed by atoms with Crippen LogP contribution in [-0.2, 0) is 16.0 Å². The monoisotopic (exact) mass is 236 g/mol. The van der Waals surface area contributed by atoms with Gasteiger partial charge >= 0.3 is 5.97 Å². The van der Waals surface area contributed by atoms with Crippen molar-refractivity contribution in [1.29, 1.82) is 0 Å². The number of hydrogen-bond acceptors (Lipinski definition) is 3. The van der Waals surface area contributed by atoms with Gasteiger partial charge in [-0.25, -0.2) is 0 Å². The molecule has 1 aromatic rings. The van der Waals surface area contributed by atoms with Gasteiger partial charge in [0.2, 0.25) is 0 Å². The number of allylic oxidation sites excluding steroid dienone is 2. The van der Waals surface area contributed by atoms with Crippen molar-refractivity contribution < 1.29 is 9.53 Å². The summed E-state index contributed by atoms with van der Waals surface area (Å²) in [6.45, 7) is 11.7. The zero-order chi connectivity index (χ0) is 12.3. The van der Waals surface area contributed by atoms with E-state index in [-0.39, 0.29) is 5.97 Å². The highest BCUT2D eigenvalue weighted by Gasteiger charge is 2.13. The zero-order valence-electron chi connectivity index (χ0n) is 9.92. The quantitative estimate of drug-likeness (QED) is 0.747. The van der Waals surface area contributed by atoms with Crippen molar-refractivity contribution in [2.75, 3.05) is 7.11 Å². The maximum absolute atomic E-state index is 11.3. The van der Waals surface area contributed by atoms with Crippen LogP contribution in [0.15, 0.2) is 19.2 Å². The Hall–Kier alpha value is -1.35. The van der Waals surface area contributed by atoms with E-state index in [2.05, 4.69) is 17.9 Å². The minimum Gasteiger partial charge on any atom is -0.469 e. The first kappa shape index (κ1) is 12.7. The van der Waals surface area contributed by atoms with E-state index in [0.29, 0.717) is 6.42 Å². The van der Waals surface area contributed by atoms with Crippen LogP contribution in [0.5, 0.6) is 0 Å². The van der Waals surface area contributed by atoms with Crippen LogP contribution in [0.2, 0.25) is 0 Å². The molecule has 0 amide bonds. The molecule has 0 spiro atoms. The lowest BCUT2D eigenvalue weighted by atomic mass is 10.1. The summed E-state index contributed by atoms with van der Waals surface area (Å²) >= 11 is 1.62. The van der Waals surface area contributed by atoms with E-state index in [1.54, 1.807) is 11.3 Å². The van der Waals surface area contributed by atoms with Gasteiger partial charge in [0.15, 0.2) is 0 Å². The van der Waals surface area contributed by atoms with Crippen LogP contribution < -0.4 is 0 Å². The molecule has 2 nitrogen and oxygen atoms in total. The Morgan fingerprint density at radius 3 is 2.44 bits per heavy atom. The molecule has 3 heteroatoms. The average molecular weight is 236 g/mol. The molecule has 0 aliphatic heterocycles. The Morgan fingerprint density at radius 2 is 2.00 bits per heavy atom. The van der Waals surface area contributed by atoms with Crippen LogP contribution in [0, 0.1) is 0 Å². The predicted octanol–water partition coefficient (Wildman–Crippen LogP) is 3.53. The van der Waals surface area contributed by atoms with Crippen molar-refractivity contribution in [1.82, 2.24) is 0 Å². The molecule has 0 radical (unpaired) electrons. The van der Waals surface area contributed by atoms with Gasteiger partial charge < -0.3 is 4.74 Å².